The van der Waals surface area contributed by atoms with Crippen molar-refractivity contribution in [2.45, 2.75) is 45.3 Å². The minimum Gasteiger partial charge on any atom is -0.496 e. The van der Waals surface area contributed by atoms with Gasteiger partial charge in [0.15, 0.2) is 5.82 Å². The van der Waals surface area contributed by atoms with Crippen LogP contribution in [0.25, 0.3) is 0 Å². The van der Waals surface area contributed by atoms with Gasteiger partial charge in [0.1, 0.15) is 17.1 Å². The van der Waals surface area contributed by atoms with Gasteiger partial charge in [-0.15, -0.1) is 0 Å². The van der Waals surface area contributed by atoms with Gasteiger partial charge in [-0.1, -0.05) is 25.5 Å². The first-order valence-electron chi connectivity index (χ1n) is 11.8. The molecule has 0 amide bonds. The lowest BCUT2D eigenvalue weighted by atomic mass is 10.1. The molecule has 3 rings (SSSR count). The first-order chi connectivity index (χ1) is 16.5. The number of aliphatic hydroxyl groups is 1. The van der Waals surface area contributed by atoms with Crippen LogP contribution in [-0.2, 0) is 17.8 Å². The highest BCUT2D eigenvalue weighted by molar-refractivity contribution is 5.89. The van der Waals surface area contributed by atoms with Crippen molar-refractivity contribution < 1.29 is 14.6 Å². The summed E-state index contributed by atoms with van der Waals surface area (Å²) >= 11 is 0. The Hall–Kier alpha value is -2.95. The number of nitrogens with zero attached hydrogens (tertiary/aromatic N) is 4. The molecule has 1 fully saturated rings. The molecule has 10 heteroatoms. The van der Waals surface area contributed by atoms with Crippen molar-refractivity contribution in [3.8, 4) is 5.75 Å². The van der Waals surface area contributed by atoms with Gasteiger partial charge in [0.25, 0.3) is 0 Å². The van der Waals surface area contributed by atoms with E-state index in [9.17, 15) is 5.11 Å². The Morgan fingerprint density at radius 3 is 2.88 bits per heavy atom. The van der Waals surface area contributed by atoms with E-state index in [1.54, 1.807) is 13.3 Å². The molecule has 6 N–H and O–H groups in total. The average molecular weight is 472 g/mol. The molecule has 0 spiro atoms. The number of ether oxygens (including phenoxy) is 2. The predicted molar refractivity (Wildman–Crippen MR) is 135 cm³/mol. The fourth-order valence-electron chi connectivity index (χ4n) is 3.84. The van der Waals surface area contributed by atoms with Gasteiger partial charge in [0.05, 0.1) is 26.9 Å². The molecule has 1 aromatic carbocycles. The van der Waals surface area contributed by atoms with Crippen LogP contribution in [0.2, 0.25) is 0 Å². The first-order valence-corrected chi connectivity index (χ1v) is 11.8. The average Bonchev–Trinajstić information content (AvgIpc) is 3.36. The van der Waals surface area contributed by atoms with Crippen molar-refractivity contribution in [2.75, 3.05) is 56.4 Å². The second kappa shape index (κ2) is 13.1. The maximum absolute atomic E-state index is 9.45. The number of nitrogen functional groups attached to an aromatic ring is 2. The van der Waals surface area contributed by atoms with Crippen molar-refractivity contribution in [1.82, 2.24) is 15.3 Å². The standard InChI is InChI=1S/C24H37N7O3/c1-3-4-8-31(9-10-32)23-22(25)20(29-24(26)30-23)15-27-14-18-6-5-17(12-21(18)33-2)13-28-19-7-11-34-16-19/h5-6,12,15,19,28,32H,3-4,7-11,13-14,16,25H2,1-2H3,(H2,26,29,30). The number of hydrogen-bond acceptors (Lipinski definition) is 10. The first kappa shape index (κ1) is 25.7. The van der Waals surface area contributed by atoms with Crippen LogP contribution in [0.5, 0.6) is 5.75 Å². The summed E-state index contributed by atoms with van der Waals surface area (Å²) in [6.07, 6.45) is 4.62. The van der Waals surface area contributed by atoms with Crippen molar-refractivity contribution in [3.05, 3.63) is 35.0 Å². The largest absolute Gasteiger partial charge is 0.496 e. The van der Waals surface area contributed by atoms with E-state index in [1.165, 1.54) is 0 Å². The van der Waals surface area contributed by atoms with E-state index in [0.29, 0.717) is 36.3 Å². The number of aliphatic imine (C=N–C) groups is 1. The number of aromatic nitrogens is 2. The van der Waals surface area contributed by atoms with Crippen LogP contribution < -0.4 is 26.4 Å². The van der Waals surface area contributed by atoms with Gasteiger partial charge in [-0.3, -0.25) is 4.99 Å². The van der Waals surface area contributed by atoms with E-state index in [1.807, 2.05) is 17.0 Å². The highest BCUT2D eigenvalue weighted by atomic mass is 16.5. The summed E-state index contributed by atoms with van der Waals surface area (Å²) in [7, 11) is 1.66. The van der Waals surface area contributed by atoms with Crippen LogP contribution in [-0.4, -0.2) is 67.4 Å². The van der Waals surface area contributed by atoms with Crippen LogP contribution in [0.1, 0.15) is 43.0 Å². The number of anilines is 3. The maximum atomic E-state index is 9.45. The second-order valence-electron chi connectivity index (χ2n) is 8.33. The topological polar surface area (TPSA) is 144 Å². The second-order valence-corrected chi connectivity index (χ2v) is 8.33. The van der Waals surface area contributed by atoms with Gasteiger partial charge < -0.3 is 36.3 Å². The van der Waals surface area contributed by atoms with Crippen molar-refractivity contribution in [1.29, 1.82) is 0 Å². The Kier molecular flexibility index (Phi) is 9.87. The molecular weight excluding hydrogens is 434 g/mol. The molecule has 186 valence electrons. The molecule has 1 saturated heterocycles. The number of nitrogens with one attached hydrogen (secondary N) is 1. The molecule has 2 heterocycles. The zero-order valence-electron chi connectivity index (χ0n) is 20.2. The van der Waals surface area contributed by atoms with Gasteiger partial charge in [-0.25, -0.2) is 4.98 Å². The third-order valence-electron chi connectivity index (χ3n) is 5.77. The van der Waals surface area contributed by atoms with E-state index in [-0.39, 0.29) is 12.6 Å². The summed E-state index contributed by atoms with van der Waals surface area (Å²) in [6, 6.07) is 6.53. The summed E-state index contributed by atoms with van der Waals surface area (Å²) < 4.78 is 11.0. The third-order valence-corrected chi connectivity index (χ3v) is 5.77. The van der Waals surface area contributed by atoms with E-state index in [4.69, 9.17) is 20.9 Å². The predicted octanol–water partition coefficient (Wildman–Crippen LogP) is 1.75. The molecule has 1 aliphatic rings. The van der Waals surface area contributed by atoms with Crippen molar-refractivity contribution >= 4 is 23.7 Å². The Bertz CT molecular complexity index is 948. The summed E-state index contributed by atoms with van der Waals surface area (Å²) in [5.41, 5.74) is 15.3. The monoisotopic (exact) mass is 471 g/mol. The Morgan fingerprint density at radius 1 is 1.32 bits per heavy atom. The lowest BCUT2D eigenvalue weighted by molar-refractivity contribution is 0.190. The zero-order chi connectivity index (χ0) is 24.3. The van der Waals surface area contributed by atoms with Crippen LogP contribution in [0.15, 0.2) is 23.2 Å². The Balaban J connectivity index is 1.70. The quantitative estimate of drug-likeness (QED) is 0.321. The number of aliphatic hydroxyl groups excluding tert-OH is 1. The highest BCUT2D eigenvalue weighted by Gasteiger charge is 2.16. The van der Waals surface area contributed by atoms with E-state index in [2.05, 4.69) is 33.3 Å². The van der Waals surface area contributed by atoms with Crippen LogP contribution in [0.4, 0.5) is 17.5 Å². The molecule has 10 nitrogen and oxygen atoms in total. The lowest BCUT2D eigenvalue weighted by Crippen LogP contribution is -2.30. The molecule has 0 aliphatic carbocycles. The maximum Gasteiger partial charge on any atom is 0.222 e. The van der Waals surface area contributed by atoms with Gasteiger partial charge in [-0.05, 0) is 24.5 Å². The smallest absolute Gasteiger partial charge is 0.222 e. The number of unbranched alkanes of at least 4 members (excludes halogenated alkanes) is 1. The van der Waals surface area contributed by atoms with Gasteiger partial charge in [0.2, 0.25) is 5.95 Å². The summed E-state index contributed by atoms with van der Waals surface area (Å²) in [4.78, 5) is 15.0. The minimum atomic E-state index is -0.00374. The summed E-state index contributed by atoms with van der Waals surface area (Å²) in [6.45, 7) is 5.99. The summed E-state index contributed by atoms with van der Waals surface area (Å²) in [5, 5.41) is 13.0. The SMILES string of the molecule is CCCCN(CCO)c1nc(N)nc(C=NCc2ccc(CNC3CCOC3)cc2OC)c1N. The minimum absolute atomic E-state index is 0.00374. The van der Waals surface area contributed by atoms with E-state index in [0.717, 1.165) is 62.4 Å². The van der Waals surface area contributed by atoms with E-state index >= 15 is 0 Å². The molecular formula is C24H37N7O3. The molecule has 0 bridgehead atoms. The third kappa shape index (κ3) is 7.02. The molecule has 0 saturated carbocycles. The van der Waals surface area contributed by atoms with Gasteiger partial charge >= 0.3 is 0 Å². The highest BCUT2D eigenvalue weighted by Crippen LogP contribution is 2.25. The van der Waals surface area contributed by atoms with Gasteiger partial charge in [-0.2, -0.15) is 4.98 Å². The molecule has 2 aromatic rings. The number of benzene rings is 1. The van der Waals surface area contributed by atoms with Crippen LogP contribution in [0.3, 0.4) is 0 Å². The van der Waals surface area contributed by atoms with Crippen LogP contribution in [0, 0.1) is 0 Å². The fraction of sp³-hybridized carbons (Fsp3) is 0.542. The van der Waals surface area contributed by atoms with Crippen molar-refractivity contribution in [3.63, 3.8) is 0 Å². The zero-order valence-corrected chi connectivity index (χ0v) is 20.2. The number of hydrogen-bond donors (Lipinski definition) is 4. The summed E-state index contributed by atoms with van der Waals surface area (Å²) in [5.74, 6) is 1.43. The molecule has 1 aromatic heterocycles. The molecule has 1 aliphatic heterocycles. The van der Waals surface area contributed by atoms with Gasteiger partial charge in [0, 0.05) is 44.1 Å². The molecule has 34 heavy (non-hydrogen) atoms. The number of nitrogens with two attached hydrogens (primary N) is 2. The van der Waals surface area contributed by atoms with Crippen LogP contribution >= 0.6 is 0 Å². The Morgan fingerprint density at radius 2 is 2.18 bits per heavy atom. The lowest BCUT2D eigenvalue weighted by Gasteiger charge is -2.24. The number of rotatable bonds is 13. The molecule has 1 unspecified atom stereocenters. The fourth-order valence-corrected chi connectivity index (χ4v) is 3.84. The Labute approximate surface area is 201 Å². The molecule has 0 radical (unpaired) electrons. The van der Waals surface area contributed by atoms with Crippen molar-refractivity contribution in [2.24, 2.45) is 4.99 Å². The normalized spacial score (nSPS) is 15.8. The molecule has 1 atom stereocenters. The van der Waals surface area contributed by atoms with E-state index < -0.39 is 0 Å². The number of methoxy groups -OCH3 is 1.